The third kappa shape index (κ3) is 9.85. The third-order valence-corrected chi connectivity index (χ3v) is 11.1. The number of amides is 1. The quantitative estimate of drug-likeness (QED) is 0.107. The second-order valence-electron chi connectivity index (χ2n) is 11.2. The van der Waals surface area contributed by atoms with Gasteiger partial charge in [-0.15, -0.1) is 0 Å². The van der Waals surface area contributed by atoms with Crippen LogP contribution in [-0.4, -0.2) is 88.3 Å². The zero-order valence-electron chi connectivity index (χ0n) is 26.1. The smallest absolute Gasteiger partial charge is 0.344 e. The van der Waals surface area contributed by atoms with Crippen LogP contribution in [0.5, 0.6) is 0 Å². The Morgan fingerprint density at radius 1 is 1.00 bits per heavy atom. The summed E-state index contributed by atoms with van der Waals surface area (Å²) in [5.41, 5.74) is 12.3. The molecule has 1 saturated heterocycles. The van der Waals surface area contributed by atoms with Gasteiger partial charge in [0.2, 0.25) is 15.9 Å². The fraction of sp³-hybridized carbons (Fsp3) is 0.533. The molecule has 1 aliphatic rings. The first-order chi connectivity index (χ1) is 20.8. The largest absolute Gasteiger partial charge is 0.370 e. The number of hydrogen-bond acceptors (Lipinski definition) is 8. The van der Waals surface area contributed by atoms with Gasteiger partial charge >= 0.3 is 7.60 Å². The van der Waals surface area contributed by atoms with E-state index in [4.69, 9.17) is 20.5 Å². The molecule has 1 aliphatic heterocycles. The molecule has 0 aliphatic carbocycles. The van der Waals surface area contributed by atoms with Crippen molar-refractivity contribution < 1.29 is 26.8 Å². The lowest BCUT2D eigenvalue weighted by atomic mass is 9.78. The Kier molecular flexibility index (Phi) is 12.9. The maximum absolute atomic E-state index is 13.7. The summed E-state index contributed by atoms with van der Waals surface area (Å²) in [5.74, 6) is -0.407. The van der Waals surface area contributed by atoms with Crippen molar-refractivity contribution in [2.75, 3.05) is 52.2 Å². The molecule has 244 valence electrons. The fourth-order valence-corrected chi connectivity index (χ4v) is 8.22. The lowest BCUT2D eigenvalue weighted by Gasteiger charge is -2.37. The van der Waals surface area contributed by atoms with Crippen LogP contribution in [0.15, 0.2) is 64.5 Å². The van der Waals surface area contributed by atoms with Gasteiger partial charge in [-0.2, -0.15) is 4.72 Å². The van der Waals surface area contributed by atoms with Crippen molar-refractivity contribution in [2.45, 2.75) is 56.9 Å². The van der Waals surface area contributed by atoms with Crippen LogP contribution >= 0.6 is 7.60 Å². The predicted molar refractivity (Wildman–Crippen MR) is 173 cm³/mol. The summed E-state index contributed by atoms with van der Waals surface area (Å²) in [7, 11) is -7.35. The average molecular weight is 651 g/mol. The number of piperazine rings is 1. The molecule has 12 nitrogen and oxygen atoms in total. The van der Waals surface area contributed by atoms with E-state index in [0.717, 1.165) is 11.1 Å². The van der Waals surface area contributed by atoms with Gasteiger partial charge in [-0.1, -0.05) is 56.3 Å². The molecule has 1 atom stereocenters. The van der Waals surface area contributed by atoms with Gasteiger partial charge in [0, 0.05) is 38.1 Å². The van der Waals surface area contributed by atoms with Crippen LogP contribution in [0.1, 0.15) is 51.7 Å². The molecular weight excluding hydrogens is 603 g/mol. The Bertz CT molecular complexity index is 1400. The first-order valence-corrected chi connectivity index (χ1v) is 18.2. The summed E-state index contributed by atoms with van der Waals surface area (Å²) >= 11 is 0. The van der Waals surface area contributed by atoms with E-state index in [1.54, 1.807) is 30.9 Å². The summed E-state index contributed by atoms with van der Waals surface area (Å²) in [6.07, 6.45) is 0.721. The van der Waals surface area contributed by atoms with Crippen molar-refractivity contribution in [1.82, 2.24) is 14.5 Å². The monoisotopic (exact) mass is 650 g/mol. The molecule has 1 amide bonds. The second kappa shape index (κ2) is 16.0. The molecule has 0 saturated carbocycles. The van der Waals surface area contributed by atoms with Crippen LogP contribution in [0.25, 0.3) is 0 Å². The number of benzene rings is 2. The molecule has 2 aromatic carbocycles. The van der Waals surface area contributed by atoms with Gasteiger partial charge < -0.3 is 25.4 Å². The third-order valence-electron chi connectivity index (χ3n) is 7.61. The summed E-state index contributed by atoms with van der Waals surface area (Å²) in [4.78, 5) is 21.4. The van der Waals surface area contributed by atoms with Gasteiger partial charge in [-0.05, 0) is 49.9 Å². The molecule has 1 unspecified atom stereocenters. The van der Waals surface area contributed by atoms with Crippen molar-refractivity contribution >= 4 is 29.5 Å². The summed E-state index contributed by atoms with van der Waals surface area (Å²) in [5, 5.41) is 0. The molecule has 3 rings (SSSR count). The highest BCUT2D eigenvalue weighted by molar-refractivity contribution is 7.89. The summed E-state index contributed by atoms with van der Waals surface area (Å²) in [6, 6.07) is 15.6. The molecule has 0 bridgehead atoms. The van der Waals surface area contributed by atoms with E-state index >= 15 is 0 Å². The fourth-order valence-electron chi connectivity index (χ4n) is 5.15. The highest BCUT2D eigenvalue weighted by atomic mass is 32.2. The minimum atomic E-state index is -4.07. The van der Waals surface area contributed by atoms with E-state index in [9.17, 15) is 17.8 Å². The average Bonchev–Trinajstić information content (AvgIpc) is 2.99. The minimum absolute atomic E-state index is 0.0705. The lowest BCUT2D eigenvalue weighted by Crippen LogP contribution is -2.55. The SMILES string of the molecule is CCOP(=O)(CN1CCN(C(=O)C(CCCN=C(N)N)NS(=O)(=O)c2cccc(C(C)(C)c3ccccc3)c2)CC1)OCC. The number of sulfonamides is 1. The van der Waals surface area contributed by atoms with Crippen LogP contribution in [0.4, 0.5) is 0 Å². The van der Waals surface area contributed by atoms with Crippen LogP contribution < -0.4 is 16.2 Å². The van der Waals surface area contributed by atoms with Crippen LogP contribution in [-0.2, 0) is 33.8 Å². The Morgan fingerprint density at radius 3 is 2.20 bits per heavy atom. The second-order valence-corrected chi connectivity index (χ2v) is 14.9. The molecule has 1 fully saturated rings. The molecule has 5 N–H and O–H groups in total. The van der Waals surface area contributed by atoms with Gasteiger partial charge in [-0.25, -0.2) is 8.42 Å². The van der Waals surface area contributed by atoms with Gasteiger partial charge in [-0.3, -0.25) is 19.3 Å². The van der Waals surface area contributed by atoms with E-state index in [2.05, 4.69) is 9.71 Å². The zero-order valence-corrected chi connectivity index (χ0v) is 27.9. The Hall–Kier alpha value is -2.80. The van der Waals surface area contributed by atoms with Crippen LogP contribution in [0, 0.1) is 0 Å². The number of nitrogens with one attached hydrogen (secondary N) is 1. The van der Waals surface area contributed by atoms with E-state index < -0.39 is 29.1 Å². The maximum Gasteiger partial charge on any atom is 0.344 e. The molecule has 0 aromatic heterocycles. The molecular formula is C30H47N6O6PS. The number of carbonyl (C=O) groups excluding carboxylic acids is 1. The zero-order chi connectivity index (χ0) is 32.4. The highest BCUT2D eigenvalue weighted by Gasteiger charge is 2.34. The van der Waals surface area contributed by atoms with Crippen molar-refractivity contribution in [3.8, 4) is 0 Å². The van der Waals surface area contributed by atoms with Crippen molar-refractivity contribution in [2.24, 2.45) is 16.5 Å². The summed E-state index contributed by atoms with van der Waals surface area (Å²) < 4.78 is 53.9. The van der Waals surface area contributed by atoms with Crippen LogP contribution in [0.3, 0.4) is 0 Å². The molecule has 1 heterocycles. The number of nitrogens with zero attached hydrogens (tertiary/aromatic N) is 3. The van der Waals surface area contributed by atoms with Gasteiger partial charge in [0.1, 0.15) is 12.3 Å². The number of hydrogen-bond donors (Lipinski definition) is 3. The minimum Gasteiger partial charge on any atom is -0.370 e. The first-order valence-electron chi connectivity index (χ1n) is 14.9. The Labute approximate surface area is 261 Å². The van der Waals surface area contributed by atoms with Crippen LogP contribution in [0.2, 0.25) is 0 Å². The molecule has 2 aromatic rings. The summed E-state index contributed by atoms with van der Waals surface area (Å²) in [6.45, 7) is 9.96. The van der Waals surface area contributed by atoms with Gasteiger partial charge in [0.15, 0.2) is 5.96 Å². The molecule has 44 heavy (non-hydrogen) atoms. The number of nitrogens with two attached hydrogens (primary N) is 2. The number of aliphatic imine (C=N–C) groups is 1. The van der Waals surface area contributed by atoms with Gasteiger partial charge in [0.25, 0.3) is 0 Å². The predicted octanol–water partition coefficient (Wildman–Crippen LogP) is 3.08. The first kappa shape index (κ1) is 35.7. The van der Waals surface area contributed by atoms with E-state index in [1.807, 2.05) is 55.1 Å². The van der Waals surface area contributed by atoms with Crippen molar-refractivity contribution in [3.05, 3.63) is 65.7 Å². The lowest BCUT2D eigenvalue weighted by molar-refractivity contribution is -0.134. The Morgan fingerprint density at radius 2 is 1.61 bits per heavy atom. The van der Waals surface area contributed by atoms with Crippen molar-refractivity contribution in [3.63, 3.8) is 0 Å². The standard InChI is InChI=1S/C30H47N6O6PS/c1-5-41-43(38,42-6-2)23-35-18-20-36(21-19-35)28(37)27(16-11-17-33-29(31)32)34-44(39,40)26-15-10-14-25(22-26)30(3,4)24-12-8-7-9-13-24/h7-10,12-15,22,27,34H,5-6,11,16-21,23H2,1-4H3,(H4,31,32,33). The number of guanidine groups is 1. The Balaban J connectivity index is 1.77. The maximum atomic E-state index is 13.7. The molecule has 0 spiro atoms. The van der Waals surface area contributed by atoms with E-state index in [0.29, 0.717) is 32.6 Å². The molecule has 14 heteroatoms. The number of rotatable bonds is 16. The van der Waals surface area contributed by atoms with E-state index in [1.165, 1.54) is 6.07 Å². The van der Waals surface area contributed by atoms with E-state index in [-0.39, 0.29) is 49.2 Å². The molecule has 0 radical (unpaired) electrons. The highest BCUT2D eigenvalue weighted by Crippen LogP contribution is 2.48. The topological polar surface area (TPSA) is 170 Å². The normalized spacial score (nSPS) is 15.6. The van der Waals surface area contributed by atoms with Crippen molar-refractivity contribution in [1.29, 1.82) is 0 Å². The van der Waals surface area contributed by atoms with Gasteiger partial charge in [0.05, 0.1) is 18.1 Å². The number of carbonyl (C=O) groups is 1.